The van der Waals surface area contributed by atoms with Gasteiger partial charge in [-0.2, -0.15) is 5.10 Å². The molecule has 0 spiro atoms. The van der Waals surface area contributed by atoms with Crippen molar-refractivity contribution in [2.24, 2.45) is 0 Å². The first-order chi connectivity index (χ1) is 15.0. The Hall–Kier alpha value is -3.22. The number of benzene rings is 2. The molecule has 0 fully saturated rings. The summed E-state index contributed by atoms with van der Waals surface area (Å²) in [6, 6.07) is 16.5. The van der Waals surface area contributed by atoms with Gasteiger partial charge in [-0.15, -0.1) is 0 Å². The molecule has 0 aliphatic heterocycles. The number of hydrogen-bond donors (Lipinski definition) is 1. The summed E-state index contributed by atoms with van der Waals surface area (Å²) < 4.78 is 3.12. The molecule has 0 aliphatic rings. The van der Waals surface area contributed by atoms with Gasteiger partial charge in [-0.1, -0.05) is 48.9 Å². The maximum atomic E-state index is 13.5. The fourth-order valence-electron chi connectivity index (χ4n) is 3.80. The highest BCUT2D eigenvalue weighted by molar-refractivity contribution is 6.31. The lowest BCUT2D eigenvalue weighted by molar-refractivity contribution is 0.0979. The number of Topliss-reactive ketones (excluding diaryl/α,β-unsaturated/α-hetero) is 1. The third kappa shape index (κ3) is 4.04. The number of ketones is 1. The van der Waals surface area contributed by atoms with Gasteiger partial charge in [-0.25, -0.2) is 0 Å². The maximum Gasteiger partial charge on any atom is 0.259 e. The lowest BCUT2D eigenvalue weighted by Gasteiger charge is -2.19. The summed E-state index contributed by atoms with van der Waals surface area (Å²) in [6.07, 6.45) is 2.00. The number of halogens is 1. The molecule has 0 amide bonds. The predicted molar refractivity (Wildman–Crippen MR) is 122 cm³/mol. The van der Waals surface area contributed by atoms with Crippen LogP contribution >= 0.6 is 11.6 Å². The van der Waals surface area contributed by atoms with Crippen LogP contribution < -0.4 is 5.56 Å². The van der Waals surface area contributed by atoms with Crippen LogP contribution in [0.2, 0.25) is 5.02 Å². The Labute approximate surface area is 184 Å². The molecule has 4 rings (SSSR count). The Bertz CT molecular complexity index is 1310. The van der Waals surface area contributed by atoms with Gasteiger partial charge in [0, 0.05) is 28.6 Å². The van der Waals surface area contributed by atoms with E-state index in [-0.39, 0.29) is 30.9 Å². The molecular formula is C24H22ClN3O3. The zero-order chi connectivity index (χ0) is 22.0. The van der Waals surface area contributed by atoms with Gasteiger partial charge in [0.2, 0.25) is 0 Å². The van der Waals surface area contributed by atoms with Crippen LogP contribution in [0.3, 0.4) is 0 Å². The van der Waals surface area contributed by atoms with Crippen molar-refractivity contribution in [1.82, 2.24) is 14.3 Å². The predicted octanol–water partition coefficient (Wildman–Crippen LogP) is 4.15. The topological polar surface area (TPSA) is 77.1 Å². The number of carbonyl (C=O) groups excluding carboxylic acids is 1. The van der Waals surface area contributed by atoms with Crippen LogP contribution in [0.4, 0.5) is 0 Å². The molecule has 158 valence electrons. The van der Waals surface area contributed by atoms with Crippen LogP contribution in [0.1, 0.15) is 29.5 Å². The summed E-state index contributed by atoms with van der Waals surface area (Å²) in [6.45, 7) is 2.26. The lowest BCUT2D eigenvalue weighted by atomic mass is 9.94. The molecule has 0 radical (unpaired) electrons. The zero-order valence-corrected chi connectivity index (χ0v) is 17.8. The molecule has 6 nitrogen and oxygen atoms in total. The third-order valence-electron chi connectivity index (χ3n) is 5.23. The highest BCUT2D eigenvalue weighted by atomic mass is 35.5. The summed E-state index contributed by atoms with van der Waals surface area (Å²) in [5.41, 5.74) is 2.25. The smallest absolute Gasteiger partial charge is 0.259 e. The van der Waals surface area contributed by atoms with Crippen molar-refractivity contribution in [3.63, 3.8) is 0 Å². The standard InChI is InChI=1S/C24H22ClN3O3/c1-2-21(30)23-22(16-6-4-3-5-7-16)20-14-17(25)8-9-19(20)24(31)28(23)15-18-10-11-27(26-18)12-13-29/h3-11,14,29H,2,12-13,15H2,1H3. The molecule has 4 aromatic rings. The van der Waals surface area contributed by atoms with Gasteiger partial charge in [0.05, 0.1) is 31.1 Å². The largest absolute Gasteiger partial charge is 0.394 e. The second kappa shape index (κ2) is 8.88. The molecule has 2 aromatic carbocycles. The molecule has 7 heteroatoms. The Kier molecular flexibility index (Phi) is 6.02. The Morgan fingerprint density at radius 1 is 1.10 bits per heavy atom. The fourth-order valence-corrected chi connectivity index (χ4v) is 3.97. The SMILES string of the molecule is CCC(=O)c1c(-c2ccccc2)c2cc(Cl)ccc2c(=O)n1Cc1ccn(CCO)n1. The van der Waals surface area contributed by atoms with E-state index >= 15 is 0 Å². The summed E-state index contributed by atoms with van der Waals surface area (Å²) in [5, 5.41) is 15.2. The summed E-state index contributed by atoms with van der Waals surface area (Å²) in [7, 11) is 0. The van der Waals surface area contributed by atoms with Crippen molar-refractivity contribution in [3.8, 4) is 11.1 Å². The Balaban J connectivity index is 2.04. The van der Waals surface area contributed by atoms with E-state index in [1.165, 1.54) is 4.57 Å². The number of nitrogens with zero attached hydrogens (tertiary/aromatic N) is 3. The first-order valence-electron chi connectivity index (χ1n) is 10.1. The molecule has 2 heterocycles. The number of aromatic nitrogens is 3. The second-order valence-corrected chi connectivity index (χ2v) is 7.68. The van der Waals surface area contributed by atoms with Crippen molar-refractivity contribution < 1.29 is 9.90 Å². The monoisotopic (exact) mass is 435 g/mol. The average Bonchev–Trinajstić information content (AvgIpc) is 3.22. The van der Waals surface area contributed by atoms with Crippen LogP contribution in [0, 0.1) is 0 Å². The minimum absolute atomic E-state index is 0.0322. The van der Waals surface area contributed by atoms with Crippen molar-refractivity contribution in [2.75, 3.05) is 6.61 Å². The Morgan fingerprint density at radius 3 is 2.58 bits per heavy atom. The molecule has 0 atom stereocenters. The van der Waals surface area contributed by atoms with Crippen LogP contribution in [0.15, 0.2) is 65.6 Å². The van der Waals surface area contributed by atoms with E-state index in [0.29, 0.717) is 39.3 Å². The van der Waals surface area contributed by atoms with E-state index in [0.717, 1.165) is 5.56 Å². The summed E-state index contributed by atoms with van der Waals surface area (Å²) in [5.74, 6) is -0.132. The highest BCUT2D eigenvalue weighted by Crippen LogP contribution is 2.33. The lowest BCUT2D eigenvalue weighted by Crippen LogP contribution is -2.28. The number of aliphatic hydroxyl groups is 1. The zero-order valence-electron chi connectivity index (χ0n) is 17.1. The van der Waals surface area contributed by atoms with Crippen molar-refractivity contribution in [2.45, 2.75) is 26.4 Å². The second-order valence-electron chi connectivity index (χ2n) is 7.24. The summed E-state index contributed by atoms with van der Waals surface area (Å²) in [4.78, 5) is 26.7. The van der Waals surface area contributed by atoms with Crippen molar-refractivity contribution >= 4 is 28.2 Å². The number of fused-ring (bicyclic) bond motifs is 1. The van der Waals surface area contributed by atoms with Gasteiger partial charge < -0.3 is 5.11 Å². The minimum atomic E-state index is -0.264. The molecule has 0 saturated carbocycles. The van der Waals surface area contributed by atoms with Gasteiger partial charge in [0.1, 0.15) is 0 Å². The normalized spacial score (nSPS) is 11.2. The number of aliphatic hydroxyl groups excluding tert-OH is 1. The van der Waals surface area contributed by atoms with Gasteiger partial charge in [-0.05, 0) is 35.2 Å². The van der Waals surface area contributed by atoms with Crippen molar-refractivity contribution in [3.05, 3.63) is 87.6 Å². The molecular weight excluding hydrogens is 414 g/mol. The molecule has 2 aromatic heterocycles. The van der Waals surface area contributed by atoms with Crippen LogP contribution in [0.25, 0.3) is 21.9 Å². The van der Waals surface area contributed by atoms with Crippen LogP contribution in [-0.2, 0) is 13.1 Å². The number of pyridine rings is 1. The number of rotatable bonds is 7. The maximum absolute atomic E-state index is 13.5. The number of hydrogen-bond acceptors (Lipinski definition) is 4. The van der Waals surface area contributed by atoms with E-state index in [2.05, 4.69) is 5.10 Å². The quantitative estimate of drug-likeness (QED) is 0.442. The van der Waals surface area contributed by atoms with Crippen LogP contribution in [0.5, 0.6) is 0 Å². The van der Waals surface area contributed by atoms with E-state index in [9.17, 15) is 9.59 Å². The van der Waals surface area contributed by atoms with Gasteiger partial charge in [-0.3, -0.25) is 18.8 Å². The first-order valence-corrected chi connectivity index (χ1v) is 10.5. The molecule has 31 heavy (non-hydrogen) atoms. The first kappa shape index (κ1) is 21.0. The third-order valence-corrected chi connectivity index (χ3v) is 5.46. The molecule has 1 N–H and O–H groups in total. The van der Waals surface area contributed by atoms with Gasteiger partial charge in [0.25, 0.3) is 5.56 Å². The molecule has 0 saturated heterocycles. The van der Waals surface area contributed by atoms with E-state index in [4.69, 9.17) is 16.7 Å². The molecule has 0 aliphatic carbocycles. The van der Waals surface area contributed by atoms with Gasteiger partial charge in [0.15, 0.2) is 5.78 Å². The van der Waals surface area contributed by atoms with E-state index in [1.54, 1.807) is 42.1 Å². The fraction of sp³-hybridized carbons (Fsp3) is 0.208. The van der Waals surface area contributed by atoms with E-state index < -0.39 is 0 Å². The van der Waals surface area contributed by atoms with Gasteiger partial charge >= 0.3 is 0 Å². The minimum Gasteiger partial charge on any atom is -0.394 e. The Morgan fingerprint density at radius 2 is 1.87 bits per heavy atom. The number of carbonyl (C=O) groups is 1. The molecule has 0 bridgehead atoms. The van der Waals surface area contributed by atoms with E-state index in [1.807, 2.05) is 30.3 Å². The average molecular weight is 436 g/mol. The van der Waals surface area contributed by atoms with Crippen molar-refractivity contribution in [1.29, 1.82) is 0 Å². The molecule has 0 unspecified atom stereocenters. The van der Waals surface area contributed by atoms with Crippen LogP contribution in [-0.4, -0.2) is 31.8 Å². The summed E-state index contributed by atoms with van der Waals surface area (Å²) >= 11 is 6.27. The highest BCUT2D eigenvalue weighted by Gasteiger charge is 2.23.